The Hall–Kier alpha value is -2.58. The summed E-state index contributed by atoms with van der Waals surface area (Å²) in [6, 6.07) is 11.2. The molecule has 1 aliphatic heterocycles. The Kier molecular flexibility index (Phi) is 8.15. The van der Waals surface area contributed by atoms with E-state index in [1.54, 1.807) is 44.4 Å². The molecule has 1 amide bonds. The molecule has 1 aliphatic rings. The number of nitrogens with one attached hydrogen (secondary N) is 2. The lowest BCUT2D eigenvalue weighted by molar-refractivity contribution is 0.0941. The highest BCUT2D eigenvalue weighted by Crippen LogP contribution is 2.21. The zero-order valence-corrected chi connectivity index (χ0v) is 19.9. The van der Waals surface area contributed by atoms with Crippen LogP contribution in [0.5, 0.6) is 5.75 Å². The Bertz CT molecular complexity index is 1020. The van der Waals surface area contributed by atoms with E-state index >= 15 is 0 Å². The molecule has 1 saturated heterocycles. The summed E-state index contributed by atoms with van der Waals surface area (Å²) in [5.41, 5.74) is 1.52. The maximum absolute atomic E-state index is 12.9. The molecular weight excluding hydrogens is 426 g/mol. The molecule has 0 bridgehead atoms. The van der Waals surface area contributed by atoms with Crippen molar-refractivity contribution in [2.75, 3.05) is 38.0 Å². The van der Waals surface area contributed by atoms with Gasteiger partial charge in [0.2, 0.25) is 0 Å². The van der Waals surface area contributed by atoms with Gasteiger partial charge in [-0.3, -0.25) is 9.52 Å². The van der Waals surface area contributed by atoms with E-state index in [9.17, 15) is 13.2 Å². The molecule has 0 spiro atoms. The first-order valence-corrected chi connectivity index (χ1v) is 12.5. The Labute approximate surface area is 191 Å². The van der Waals surface area contributed by atoms with Crippen molar-refractivity contribution < 1.29 is 17.9 Å². The van der Waals surface area contributed by atoms with Gasteiger partial charge in [0.15, 0.2) is 0 Å². The number of piperidine rings is 1. The Morgan fingerprint density at radius 3 is 2.44 bits per heavy atom. The molecule has 1 atom stereocenters. The van der Waals surface area contributed by atoms with E-state index in [1.807, 2.05) is 0 Å². The third-order valence-corrected chi connectivity index (χ3v) is 7.11. The number of amides is 1. The van der Waals surface area contributed by atoms with Crippen molar-refractivity contribution >= 4 is 21.6 Å². The van der Waals surface area contributed by atoms with Crippen LogP contribution < -0.4 is 14.8 Å². The number of sulfonamides is 1. The monoisotopic (exact) mass is 459 g/mol. The maximum atomic E-state index is 12.9. The van der Waals surface area contributed by atoms with Gasteiger partial charge in [-0.1, -0.05) is 19.4 Å². The molecule has 2 N–H and O–H groups in total. The van der Waals surface area contributed by atoms with Gasteiger partial charge in [0, 0.05) is 24.3 Å². The Morgan fingerprint density at radius 2 is 1.78 bits per heavy atom. The summed E-state index contributed by atoms with van der Waals surface area (Å²) in [4.78, 5) is 15.3. The highest BCUT2D eigenvalue weighted by Gasteiger charge is 2.19. The van der Waals surface area contributed by atoms with E-state index in [1.165, 1.54) is 31.4 Å². The molecule has 1 fully saturated rings. The van der Waals surface area contributed by atoms with Crippen LogP contribution >= 0.6 is 0 Å². The summed E-state index contributed by atoms with van der Waals surface area (Å²) in [5.74, 6) is 0.701. The largest absolute Gasteiger partial charge is 0.497 e. The third-order valence-electron chi connectivity index (χ3n) is 5.74. The fraction of sp³-hybridized carbons (Fsp3) is 0.458. The maximum Gasteiger partial charge on any atom is 0.261 e. The summed E-state index contributed by atoms with van der Waals surface area (Å²) < 4.78 is 33.3. The van der Waals surface area contributed by atoms with E-state index in [-0.39, 0.29) is 10.8 Å². The van der Waals surface area contributed by atoms with E-state index in [0.717, 1.165) is 25.2 Å². The molecule has 174 valence electrons. The number of hydrogen-bond acceptors (Lipinski definition) is 5. The standard InChI is InChI=1S/C24H33N3O4S/c1-18(17-27-13-5-4-6-14-27)16-25-24(28)23-15-22(12-7-19(23)2)32(29,30)26-20-8-10-21(31-3)11-9-20/h7-12,15,18,26H,4-6,13-14,16-17H2,1-3H3,(H,25,28). The lowest BCUT2D eigenvalue weighted by atomic mass is 10.1. The van der Waals surface area contributed by atoms with Gasteiger partial charge in [-0.25, -0.2) is 8.42 Å². The molecule has 8 heteroatoms. The average Bonchev–Trinajstić information content (AvgIpc) is 2.78. The molecule has 1 unspecified atom stereocenters. The molecule has 0 aromatic heterocycles. The van der Waals surface area contributed by atoms with Gasteiger partial charge in [0.25, 0.3) is 15.9 Å². The second-order valence-corrected chi connectivity index (χ2v) is 10.2. The minimum absolute atomic E-state index is 0.0467. The second-order valence-electron chi connectivity index (χ2n) is 8.49. The van der Waals surface area contributed by atoms with Crippen LogP contribution in [0.15, 0.2) is 47.4 Å². The molecule has 1 heterocycles. The van der Waals surface area contributed by atoms with Gasteiger partial charge < -0.3 is 15.0 Å². The van der Waals surface area contributed by atoms with Crippen molar-refractivity contribution in [3.63, 3.8) is 0 Å². The van der Waals surface area contributed by atoms with Crippen molar-refractivity contribution in [2.45, 2.75) is 38.0 Å². The van der Waals surface area contributed by atoms with Crippen LogP contribution in [0.3, 0.4) is 0 Å². The normalized spacial score (nSPS) is 15.7. The van der Waals surface area contributed by atoms with Gasteiger partial charge >= 0.3 is 0 Å². The number of hydrogen-bond donors (Lipinski definition) is 2. The van der Waals surface area contributed by atoms with Crippen molar-refractivity contribution in [1.82, 2.24) is 10.2 Å². The zero-order valence-electron chi connectivity index (χ0n) is 19.1. The number of carbonyl (C=O) groups is 1. The quantitative estimate of drug-likeness (QED) is 0.598. The Balaban J connectivity index is 1.64. The SMILES string of the molecule is COc1ccc(NS(=O)(=O)c2ccc(C)c(C(=O)NCC(C)CN3CCCCC3)c2)cc1. The predicted octanol–water partition coefficient (Wildman–Crippen LogP) is 3.66. The van der Waals surface area contributed by atoms with E-state index in [2.05, 4.69) is 21.9 Å². The number of likely N-dealkylation sites (tertiary alicyclic amines) is 1. The second kappa shape index (κ2) is 10.8. The molecular formula is C24H33N3O4S. The highest BCUT2D eigenvalue weighted by atomic mass is 32.2. The molecule has 7 nitrogen and oxygen atoms in total. The minimum Gasteiger partial charge on any atom is -0.497 e. The van der Waals surface area contributed by atoms with Crippen LogP contribution in [-0.4, -0.2) is 52.5 Å². The van der Waals surface area contributed by atoms with E-state index in [4.69, 9.17) is 4.74 Å². The number of ether oxygens (including phenoxy) is 1. The van der Waals surface area contributed by atoms with Crippen LogP contribution in [0.4, 0.5) is 5.69 Å². The number of methoxy groups -OCH3 is 1. The lowest BCUT2D eigenvalue weighted by Crippen LogP contribution is -2.38. The third kappa shape index (κ3) is 6.46. The van der Waals surface area contributed by atoms with Crippen molar-refractivity contribution in [2.24, 2.45) is 5.92 Å². The van der Waals surface area contributed by atoms with Gasteiger partial charge in [0.1, 0.15) is 5.75 Å². The fourth-order valence-corrected chi connectivity index (χ4v) is 4.98. The molecule has 0 saturated carbocycles. The topological polar surface area (TPSA) is 87.7 Å². The number of benzene rings is 2. The zero-order chi connectivity index (χ0) is 23.1. The first-order valence-electron chi connectivity index (χ1n) is 11.1. The molecule has 0 radical (unpaired) electrons. The predicted molar refractivity (Wildman–Crippen MR) is 127 cm³/mol. The number of nitrogens with zero attached hydrogens (tertiary/aromatic N) is 1. The fourth-order valence-electron chi connectivity index (χ4n) is 3.90. The number of carbonyl (C=O) groups excluding carboxylic acids is 1. The van der Waals surface area contributed by atoms with Crippen molar-refractivity contribution in [1.29, 1.82) is 0 Å². The first-order chi connectivity index (χ1) is 15.3. The minimum atomic E-state index is -3.83. The lowest BCUT2D eigenvalue weighted by Gasteiger charge is -2.29. The Morgan fingerprint density at radius 1 is 1.09 bits per heavy atom. The van der Waals surface area contributed by atoms with Crippen LogP contribution in [0.2, 0.25) is 0 Å². The van der Waals surface area contributed by atoms with Crippen LogP contribution in [0.1, 0.15) is 42.1 Å². The molecule has 0 aliphatic carbocycles. The summed E-state index contributed by atoms with van der Waals surface area (Å²) >= 11 is 0. The summed E-state index contributed by atoms with van der Waals surface area (Å²) in [7, 11) is -2.29. The van der Waals surface area contributed by atoms with Gasteiger partial charge in [-0.2, -0.15) is 0 Å². The highest BCUT2D eigenvalue weighted by molar-refractivity contribution is 7.92. The van der Waals surface area contributed by atoms with Gasteiger partial charge in [-0.15, -0.1) is 0 Å². The molecule has 32 heavy (non-hydrogen) atoms. The van der Waals surface area contributed by atoms with Gasteiger partial charge in [0.05, 0.1) is 12.0 Å². The van der Waals surface area contributed by atoms with Gasteiger partial charge in [-0.05, 0) is 80.7 Å². The van der Waals surface area contributed by atoms with E-state index < -0.39 is 10.0 Å². The summed E-state index contributed by atoms with van der Waals surface area (Å²) in [6.45, 7) is 7.69. The van der Waals surface area contributed by atoms with Crippen LogP contribution in [0.25, 0.3) is 0 Å². The van der Waals surface area contributed by atoms with E-state index in [0.29, 0.717) is 29.5 Å². The molecule has 3 rings (SSSR count). The number of rotatable bonds is 9. The van der Waals surface area contributed by atoms with Crippen LogP contribution in [-0.2, 0) is 10.0 Å². The summed E-state index contributed by atoms with van der Waals surface area (Å²) in [5, 5.41) is 2.98. The summed E-state index contributed by atoms with van der Waals surface area (Å²) in [6.07, 6.45) is 3.78. The average molecular weight is 460 g/mol. The van der Waals surface area contributed by atoms with Crippen molar-refractivity contribution in [3.05, 3.63) is 53.6 Å². The molecule has 2 aromatic carbocycles. The van der Waals surface area contributed by atoms with Crippen LogP contribution in [0, 0.1) is 12.8 Å². The van der Waals surface area contributed by atoms with Crippen molar-refractivity contribution in [3.8, 4) is 5.75 Å². The number of aryl methyl sites for hydroxylation is 1. The smallest absolute Gasteiger partial charge is 0.261 e. The first kappa shape index (κ1) is 24.1. The number of anilines is 1. The molecule has 2 aromatic rings.